The summed E-state index contributed by atoms with van der Waals surface area (Å²) < 4.78 is 0. The Hall–Kier alpha value is -2.07. The van der Waals surface area contributed by atoms with Gasteiger partial charge in [0.25, 0.3) is 5.91 Å². The van der Waals surface area contributed by atoms with E-state index in [-0.39, 0.29) is 5.91 Å². The quantitative estimate of drug-likeness (QED) is 0.895. The molecule has 0 aliphatic carbocycles. The van der Waals surface area contributed by atoms with Gasteiger partial charge in [-0.2, -0.15) is 0 Å². The van der Waals surface area contributed by atoms with E-state index >= 15 is 0 Å². The van der Waals surface area contributed by atoms with E-state index < -0.39 is 0 Å². The highest BCUT2D eigenvalue weighted by Crippen LogP contribution is 2.23. The number of aromatic nitrogens is 1. The Bertz CT molecular complexity index is 651. The van der Waals surface area contributed by atoms with E-state index in [9.17, 15) is 4.79 Å². The monoisotopic (exact) mass is 317 g/mol. The molecule has 2 rings (SSSR count). The third-order valence-corrected chi connectivity index (χ3v) is 3.75. The number of amides is 1. The minimum Gasteiger partial charge on any atom is -0.354 e. The highest BCUT2D eigenvalue weighted by molar-refractivity contribution is 6.30. The standard InChI is InChI=1S/C17H20ClN3O/c1-4-21(5-2)17(22)15-9-8-14(11-19-15)20-16-10-13(18)7-6-12(16)3/h6-11,20H,4-5H2,1-3H3. The summed E-state index contributed by atoms with van der Waals surface area (Å²) in [5.41, 5.74) is 3.29. The normalized spacial score (nSPS) is 10.4. The van der Waals surface area contributed by atoms with E-state index in [2.05, 4.69) is 10.3 Å². The van der Waals surface area contributed by atoms with E-state index in [0.29, 0.717) is 23.8 Å². The van der Waals surface area contributed by atoms with Crippen molar-refractivity contribution in [3.8, 4) is 0 Å². The van der Waals surface area contributed by atoms with Crippen molar-refractivity contribution in [3.05, 3.63) is 52.8 Å². The van der Waals surface area contributed by atoms with Crippen LogP contribution in [-0.4, -0.2) is 28.9 Å². The van der Waals surface area contributed by atoms with Gasteiger partial charge in [0, 0.05) is 23.8 Å². The number of benzene rings is 1. The van der Waals surface area contributed by atoms with Crippen LogP contribution in [0.1, 0.15) is 29.9 Å². The number of halogens is 1. The van der Waals surface area contributed by atoms with E-state index in [4.69, 9.17) is 11.6 Å². The van der Waals surface area contributed by atoms with Gasteiger partial charge in [0.1, 0.15) is 5.69 Å². The van der Waals surface area contributed by atoms with Crippen LogP contribution in [-0.2, 0) is 0 Å². The first-order valence-corrected chi connectivity index (χ1v) is 7.71. The second kappa shape index (κ2) is 7.27. The Kier molecular flexibility index (Phi) is 5.39. The predicted molar refractivity (Wildman–Crippen MR) is 91.0 cm³/mol. The number of aryl methyl sites for hydroxylation is 1. The maximum absolute atomic E-state index is 12.2. The smallest absolute Gasteiger partial charge is 0.272 e. The van der Waals surface area contributed by atoms with Crippen LogP contribution in [0.5, 0.6) is 0 Å². The van der Waals surface area contributed by atoms with Gasteiger partial charge in [0.15, 0.2) is 0 Å². The molecule has 0 atom stereocenters. The average Bonchev–Trinajstić information content (AvgIpc) is 2.53. The number of nitrogens with one attached hydrogen (secondary N) is 1. The molecule has 4 nitrogen and oxygen atoms in total. The zero-order valence-corrected chi connectivity index (χ0v) is 13.8. The number of rotatable bonds is 5. The number of hydrogen-bond donors (Lipinski definition) is 1. The fourth-order valence-electron chi connectivity index (χ4n) is 2.15. The Morgan fingerprint density at radius 3 is 2.55 bits per heavy atom. The number of carbonyl (C=O) groups is 1. The molecular weight excluding hydrogens is 298 g/mol. The number of nitrogens with zero attached hydrogens (tertiary/aromatic N) is 2. The first kappa shape index (κ1) is 16.3. The van der Waals surface area contributed by atoms with Crippen molar-refractivity contribution in [1.29, 1.82) is 0 Å². The summed E-state index contributed by atoms with van der Waals surface area (Å²) in [4.78, 5) is 18.2. The molecule has 0 bridgehead atoms. The molecule has 1 amide bonds. The Labute approximate surface area is 136 Å². The number of anilines is 2. The van der Waals surface area contributed by atoms with Crippen LogP contribution in [0.2, 0.25) is 5.02 Å². The first-order valence-electron chi connectivity index (χ1n) is 7.33. The van der Waals surface area contributed by atoms with Gasteiger partial charge in [-0.25, -0.2) is 4.98 Å². The Morgan fingerprint density at radius 1 is 1.23 bits per heavy atom. The Balaban J connectivity index is 2.15. The Morgan fingerprint density at radius 2 is 1.95 bits per heavy atom. The van der Waals surface area contributed by atoms with Crippen molar-refractivity contribution in [2.24, 2.45) is 0 Å². The van der Waals surface area contributed by atoms with Crippen LogP contribution < -0.4 is 5.32 Å². The summed E-state index contributed by atoms with van der Waals surface area (Å²) in [6.07, 6.45) is 1.66. The molecule has 22 heavy (non-hydrogen) atoms. The van der Waals surface area contributed by atoms with Gasteiger partial charge < -0.3 is 10.2 Å². The lowest BCUT2D eigenvalue weighted by Crippen LogP contribution is -2.31. The van der Waals surface area contributed by atoms with Crippen molar-refractivity contribution in [2.45, 2.75) is 20.8 Å². The molecule has 1 heterocycles. The summed E-state index contributed by atoms with van der Waals surface area (Å²) >= 11 is 6.01. The minimum absolute atomic E-state index is 0.0458. The molecule has 0 aliphatic heterocycles. The van der Waals surface area contributed by atoms with E-state index in [1.165, 1.54) is 0 Å². The number of carbonyl (C=O) groups excluding carboxylic acids is 1. The fourth-order valence-corrected chi connectivity index (χ4v) is 2.32. The fraction of sp³-hybridized carbons (Fsp3) is 0.294. The molecule has 5 heteroatoms. The zero-order valence-electron chi connectivity index (χ0n) is 13.1. The molecule has 1 aromatic carbocycles. The summed E-state index contributed by atoms with van der Waals surface area (Å²) in [6, 6.07) is 9.27. The lowest BCUT2D eigenvalue weighted by Gasteiger charge is -2.18. The van der Waals surface area contributed by atoms with Crippen LogP contribution >= 0.6 is 11.6 Å². The van der Waals surface area contributed by atoms with Crippen LogP contribution in [0.4, 0.5) is 11.4 Å². The topological polar surface area (TPSA) is 45.2 Å². The number of hydrogen-bond acceptors (Lipinski definition) is 3. The van der Waals surface area contributed by atoms with E-state index in [0.717, 1.165) is 16.9 Å². The minimum atomic E-state index is -0.0458. The van der Waals surface area contributed by atoms with Gasteiger partial charge >= 0.3 is 0 Å². The molecule has 0 saturated heterocycles. The average molecular weight is 318 g/mol. The van der Waals surface area contributed by atoms with Crippen molar-refractivity contribution < 1.29 is 4.79 Å². The molecule has 0 aliphatic rings. The van der Waals surface area contributed by atoms with Gasteiger partial charge in [0.05, 0.1) is 11.9 Å². The molecule has 1 N–H and O–H groups in total. The SMILES string of the molecule is CCN(CC)C(=O)c1ccc(Nc2cc(Cl)ccc2C)cn1. The van der Waals surface area contributed by atoms with Crippen molar-refractivity contribution in [2.75, 3.05) is 18.4 Å². The molecule has 2 aromatic rings. The van der Waals surface area contributed by atoms with Crippen molar-refractivity contribution in [1.82, 2.24) is 9.88 Å². The molecule has 0 saturated carbocycles. The first-order chi connectivity index (χ1) is 10.5. The van der Waals surface area contributed by atoms with Crippen LogP contribution in [0.3, 0.4) is 0 Å². The third-order valence-electron chi connectivity index (χ3n) is 3.51. The summed E-state index contributed by atoms with van der Waals surface area (Å²) in [7, 11) is 0. The van der Waals surface area contributed by atoms with Crippen molar-refractivity contribution >= 4 is 28.9 Å². The van der Waals surface area contributed by atoms with Crippen LogP contribution in [0.15, 0.2) is 36.5 Å². The highest BCUT2D eigenvalue weighted by Gasteiger charge is 2.13. The van der Waals surface area contributed by atoms with Gasteiger partial charge in [-0.3, -0.25) is 4.79 Å². The van der Waals surface area contributed by atoms with Gasteiger partial charge in [-0.15, -0.1) is 0 Å². The lowest BCUT2D eigenvalue weighted by atomic mass is 10.2. The zero-order chi connectivity index (χ0) is 16.1. The van der Waals surface area contributed by atoms with Gasteiger partial charge in [-0.05, 0) is 50.6 Å². The molecule has 1 aromatic heterocycles. The molecule has 0 spiro atoms. The van der Waals surface area contributed by atoms with Crippen LogP contribution in [0.25, 0.3) is 0 Å². The summed E-state index contributed by atoms with van der Waals surface area (Å²) in [5.74, 6) is -0.0458. The molecule has 0 unspecified atom stereocenters. The second-order valence-corrected chi connectivity index (χ2v) is 5.43. The predicted octanol–water partition coefficient (Wildman–Crippen LogP) is 4.27. The maximum Gasteiger partial charge on any atom is 0.272 e. The maximum atomic E-state index is 12.2. The molecule has 0 radical (unpaired) electrons. The van der Waals surface area contributed by atoms with Gasteiger partial charge in [-0.1, -0.05) is 17.7 Å². The van der Waals surface area contributed by atoms with E-state index in [1.807, 2.05) is 45.0 Å². The highest BCUT2D eigenvalue weighted by atomic mass is 35.5. The van der Waals surface area contributed by atoms with Crippen LogP contribution in [0, 0.1) is 6.92 Å². The largest absolute Gasteiger partial charge is 0.354 e. The number of pyridine rings is 1. The summed E-state index contributed by atoms with van der Waals surface area (Å²) in [5, 5.41) is 3.94. The van der Waals surface area contributed by atoms with E-state index in [1.54, 1.807) is 17.2 Å². The molecule has 0 fully saturated rings. The molecular formula is C17H20ClN3O. The van der Waals surface area contributed by atoms with Gasteiger partial charge in [0.2, 0.25) is 0 Å². The lowest BCUT2D eigenvalue weighted by molar-refractivity contribution is 0.0767. The van der Waals surface area contributed by atoms with Crippen molar-refractivity contribution in [3.63, 3.8) is 0 Å². The third kappa shape index (κ3) is 3.77. The summed E-state index contributed by atoms with van der Waals surface area (Å²) in [6.45, 7) is 7.28. The molecule has 116 valence electrons. The second-order valence-electron chi connectivity index (χ2n) is 4.99.